The van der Waals surface area contributed by atoms with E-state index in [2.05, 4.69) is 12.0 Å². The van der Waals surface area contributed by atoms with Crippen LogP contribution in [-0.2, 0) is 6.54 Å². The molecule has 0 amide bonds. The predicted octanol–water partition coefficient (Wildman–Crippen LogP) is 2.74. The number of ether oxygens (including phenoxy) is 1. The molecule has 2 N–H and O–H groups in total. The SMILES string of the molecule is CCCCn1nc(-c2ccccc2OC)cc(C(C)N)c1=O. The van der Waals surface area contributed by atoms with Crippen molar-refractivity contribution in [1.29, 1.82) is 0 Å². The van der Waals surface area contributed by atoms with Gasteiger partial charge in [-0.15, -0.1) is 0 Å². The zero-order chi connectivity index (χ0) is 16.1. The minimum Gasteiger partial charge on any atom is -0.496 e. The molecular formula is C17H23N3O2. The van der Waals surface area contributed by atoms with E-state index in [4.69, 9.17) is 10.5 Å². The summed E-state index contributed by atoms with van der Waals surface area (Å²) >= 11 is 0. The van der Waals surface area contributed by atoms with Crippen LogP contribution >= 0.6 is 0 Å². The van der Waals surface area contributed by atoms with Crippen LogP contribution in [-0.4, -0.2) is 16.9 Å². The summed E-state index contributed by atoms with van der Waals surface area (Å²) in [6.07, 6.45) is 1.90. The molecule has 1 heterocycles. The summed E-state index contributed by atoms with van der Waals surface area (Å²) in [4.78, 5) is 12.4. The van der Waals surface area contributed by atoms with E-state index in [1.165, 1.54) is 4.68 Å². The molecule has 0 fully saturated rings. The molecule has 2 aromatic rings. The highest BCUT2D eigenvalue weighted by atomic mass is 16.5. The number of nitrogens with two attached hydrogens (primary N) is 1. The fourth-order valence-electron chi connectivity index (χ4n) is 2.34. The molecule has 2 rings (SSSR count). The van der Waals surface area contributed by atoms with Crippen LogP contribution in [0, 0.1) is 0 Å². The molecule has 0 saturated carbocycles. The van der Waals surface area contributed by atoms with Gasteiger partial charge in [-0.1, -0.05) is 25.5 Å². The third kappa shape index (κ3) is 3.36. The highest BCUT2D eigenvalue weighted by Gasteiger charge is 2.15. The maximum absolute atomic E-state index is 12.4. The number of aryl methyl sites for hydroxylation is 1. The first kappa shape index (κ1) is 16.2. The predicted molar refractivity (Wildman–Crippen MR) is 88.0 cm³/mol. The number of rotatable bonds is 6. The Labute approximate surface area is 130 Å². The lowest BCUT2D eigenvalue weighted by molar-refractivity contribution is 0.416. The van der Waals surface area contributed by atoms with Gasteiger partial charge in [0.05, 0.1) is 12.8 Å². The molecule has 22 heavy (non-hydrogen) atoms. The van der Waals surface area contributed by atoms with Gasteiger partial charge >= 0.3 is 0 Å². The Morgan fingerprint density at radius 3 is 2.73 bits per heavy atom. The smallest absolute Gasteiger partial charge is 0.271 e. The second-order valence-corrected chi connectivity index (χ2v) is 5.36. The van der Waals surface area contributed by atoms with E-state index in [1.807, 2.05) is 31.2 Å². The molecule has 0 aliphatic rings. The lowest BCUT2D eigenvalue weighted by Crippen LogP contribution is -2.29. The first-order valence-corrected chi connectivity index (χ1v) is 7.59. The first-order chi connectivity index (χ1) is 10.6. The molecule has 0 bridgehead atoms. The molecule has 0 radical (unpaired) electrons. The number of methoxy groups -OCH3 is 1. The summed E-state index contributed by atoms with van der Waals surface area (Å²) in [5.41, 5.74) is 7.99. The maximum Gasteiger partial charge on any atom is 0.271 e. The Balaban J connectivity index is 2.60. The van der Waals surface area contributed by atoms with Crippen LogP contribution in [0.15, 0.2) is 35.1 Å². The molecule has 5 heteroatoms. The van der Waals surface area contributed by atoms with E-state index in [-0.39, 0.29) is 11.6 Å². The zero-order valence-electron chi connectivity index (χ0n) is 13.4. The number of nitrogens with zero attached hydrogens (tertiary/aromatic N) is 2. The standard InChI is InChI=1S/C17H23N3O2/c1-4-5-10-20-17(21)14(12(2)18)11-15(19-20)13-8-6-7-9-16(13)22-3/h6-9,11-12H,4-5,10,18H2,1-3H3. The van der Waals surface area contributed by atoms with Crippen LogP contribution < -0.4 is 16.0 Å². The molecule has 0 saturated heterocycles. The monoisotopic (exact) mass is 301 g/mol. The molecule has 1 unspecified atom stereocenters. The Morgan fingerprint density at radius 2 is 2.09 bits per heavy atom. The average Bonchev–Trinajstić information content (AvgIpc) is 2.53. The quantitative estimate of drug-likeness (QED) is 0.890. The van der Waals surface area contributed by atoms with Crippen molar-refractivity contribution in [3.8, 4) is 17.0 Å². The van der Waals surface area contributed by atoms with E-state index in [9.17, 15) is 4.79 Å². The van der Waals surface area contributed by atoms with Crippen LogP contribution in [0.3, 0.4) is 0 Å². The highest BCUT2D eigenvalue weighted by molar-refractivity contribution is 5.67. The molecule has 1 atom stereocenters. The van der Waals surface area contributed by atoms with E-state index in [0.717, 1.165) is 24.2 Å². The van der Waals surface area contributed by atoms with Gasteiger partial charge in [-0.05, 0) is 31.5 Å². The fourth-order valence-corrected chi connectivity index (χ4v) is 2.34. The third-order valence-corrected chi connectivity index (χ3v) is 3.60. The van der Waals surface area contributed by atoms with Crippen molar-refractivity contribution in [2.75, 3.05) is 7.11 Å². The van der Waals surface area contributed by atoms with E-state index >= 15 is 0 Å². The molecule has 0 aliphatic carbocycles. The Bertz CT molecular complexity index is 693. The lowest BCUT2D eigenvalue weighted by atomic mass is 10.1. The van der Waals surface area contributed by atoms with Gasteiger partial charge in [0.15, 0.2) is 0 Å². The second kappa shape index (κ2) is 7.22. The number of hydrogen-bond donors (Lipinski definition) is 1. The van der Waals surface area contributed by atoms with Crippen molar-refractivity contribution in [3.05, 3.63) is 46.2 Å². The van der Waals surface area contributed by atoms with Crippen molar-refractivity contribution >= 4 is 0 Å². The van der Waals surface area contributed by atoms with Gasteiger partial charge in [-0.3, -0.25) is 4.79 Å². The Morgan fingerprint density at radius 1 is 1.36 bits per heavy atom. The highest BCUT2D eigenvalue weighted by Crippen LogP contribution is 2.28. The van der Waals surface area contributed by atoms with Crippen LogP contribution in [0.5, 0.6) is 5.75 Å². The largest absolute Gasteiger partial charge is 0.496 e. The average molecular weight is 301 g/mol. The van der Waals surface area contributed by atoms with Crippen LogP contribution in [0.4, 0.5) is 0 Å². The van der Waals surface area contributed by atoms with Crippen LogP contribution in [0.2, 0.25) is 0 Å². The van der Waals surface area contributed by atoms with Crippen LogP contribution in [0.25, 0.3) is 11.3 Å². The van der Waals surface area contributed by atoms with Gasteiger partial charge in [0.2, 0.25) is 0 Å². The molecule has 1 aromatic heterocycles. The maximum atomic E-state index is 12.4. The van der Waals surface area contributed by atoms with E-state index < -0.39 is 0 Å². The van der Waals surface area contributed by atoms with Gasteiger partial charge in [0, 0.05) is 23.7 Å². The summed E-state index contributed by atoms with van der Waals surface area (Å²) in [5, 5.41) is 4.50. The van der Waals surface area contributed by atoms with Gasteiger partial charge in [-0.2, -0.15) is 5.10 Å². The molecule has 0 aliphatic heterocycles. The molecule has 118 valence electrons. The van der Waals surface area contributed by atoms with Gasteiger partial charge in [0.1, 0.15) is 5.75 Å². The summed E-state index contributed by atoms with van der Waals surface area (Å²) in [6, 6.07) is 9.07. The fraction of sp³-hybridized carbons (Fsp3) is 0.412. The van der Waals surface area contributed by atoms with Crippen molar-refractivity contribution in [1.82, 2.24) is 9.78 Å². The van der Waals surface area contributed by atoms with E-state index in [0.29, 0.717) is 17.8 Å². The van der Waals surface area contributed by atoms with E-state index in [1.54, 1.807) is 13.2 Å². The van der Waals surface area contributed by atoms with Crippen molar-refractivity contribution in [2.24, 2.45) is 5.73 Å². The number of para-hydroxylation sites is 1. The molecule has 0 spiro atoms. The summed E-state index contributed by atoms with van der Waals surface area (Å²) in [7, 11) is 1.62. The Hall–Kier alpha value is -2.14. The van der Waals surface area contributed by atoms with Crippen molar-refractivity contribution in [3.63, 3.8) is 0 Å². The molecular weight excluding hydrogens is 278 g/mol. The number of unbranched alkanes of at least 4 members (excludes halogenated alkanes) is 1. The topological polar surface area (TPSA) is 70.1 Å². The van der Waals surface area contributed by atoms with Crippen molar-refractivity contribution < 1.29 is 4.74 Å². The third-order valence-electron chi connectivity index (χ3n) is 3.60. The molecule has 1 aromatic carbocycles. The molecule has 5 nitrogen and oxygen atoms in total. The first-order valence-electron chi connectivity index (χ1n) is 7.59. The number of benzene rings is 1. The lowest BCUT2D eigenvalue weighted by Gasteiger charge is -2.14. The van der Waals surface area contributed by atoms with Crippen LogP contribution in [0.1, 0.15) is 38.3 Å². The van der Waals surface area contributed by atoms with Gasteiger partial charge < -0.3 is 10.5 Å². The number of hydrogen-bond acceptors (Lipinski definition) is 4. The van der Waals surface area contributed by atoms with Crippen molar-refractivity contribution in [2.45, 2.75) is 39.3 Å². The normalized spacial score (nSPS) is 12.2. The summed E-state index contributed by atoms with van der Waals surface area (Å²) in [6.45, 7) is 4.49. The van der Waals surface area contributed by atoms with Gasteiger partial charge in [-0.25, -0.2) is 4.68 Å². The zero-order valence-corrected chi connectivity index (χ0v) is 13.4. The second-order valence-electron chi connectivity index (χ2n) is 5.36. The minimum atomic E-state index is -0.336. The Kier molecular flexibility index (Phi) is 5.33. The summed E-state index contributed by atoms with van der Waals surface area (Å²) in [5.74, 6) is 0.728. The number of aromatic nitrogens is 2. The minimum absolute atomic E-state index is 0.109. The van der Waals surface area contributed by atoms with Gasteiger partial charge in [0.25, 0.3) is 5.56 Å². The summed E-state index contributed by atoms with van der Waals surface area (Å²) < 4.78 is 6.91.